The average molecular weight is 204 g/mol. The first-order valence-electron chi connectivity index (χ1n) is 5.97. The number of halogens is 1. The maximum absolute atomic E-state index is 12.6. The van der Waals surface area contributed by atoms with Crippen LogP contribution < -0.4 is 0 Å². The first-order chi connectivity index (χ1) is 6.56. The van der Waals surface area contributed by atoms with Crippen molar-refractivity contribution < 1.29 is 9.50 Å². The van der Waals surface area contributed by atoms with Gasteiger partial charge in [-0.15, -0.1) is 0 Å². The smallest absolute Gasteiger partial charge is 0.203 e. The highest BCUT2D eigenvalue weighted by molar-refractivity contribution is 4.57. The van der Waals surface area contributed by atoms with E-state index in [-0.39, 0.29) is 6.42 Å². The lowest BCUT2D eigenvalue weighted by Crippen LogP contribution is -2.15. The normalized spacial score (nSPS) is 15.4. The Morgan fingerprint density at radius 2 is 1.36 bits per heavy atom. The molecule has 0 amide bonds. The van der Waals surface area contributed by atoms with Crippen molar-refractivity contribution in [3.8, 4) is 0 Å². The molecule has 0 aromatic heterocycles. The Balaban J connectivity index is 2.99. The molecule has 0 aliphatic rings. The fourth-order valence-corrected chi connectivity index (χ4v) is 1.58. The highest BCUT2D eigenvalue weighted by Gasteiger charge is 2.16. The Labute approximate surface area is 87.7 Å². The van der Waals surface area contributed by atoms with Crippen molar-refractivity contribution in [2.45, 2.75) is 77.5 Å². The van der Waals surface area contributed by atoms with Crippen molar-refractivity contribution in [1.29, 1.82) is 0 Å². The Kier molecular flexibility index (Phi) is 8.15. The van der Waals surface area contributed by atoms with Gasteiger partial charge >= 0.3 is 0 Å². The van der Waals surface area contributed by atoms with Crippen LogP contribution in [0.15, 0.2) is 0 Å². The predicted molar refractivity (Wildman–Crippen MR) is 59.0 cm³/mol. The highest BCUT2D eigenvalue weighted by atomic mass is 19.2. The van der Waals surface area contributed by atoms with E-state index < -0.39 is 5.85 Å². The second-order valence-corrected chi connectivity index (χ2v) is 4.37. The van der Waals surface area contributed by atoms with Gasteiger partial charge in [0.2, 0.25) is 5.85 Å². The molecule has 86 valence electrons. The molecule has 1 N–H and O–H groups in total. The molecule has 0 spiro atoms. The molecular formula is C12H25FO. The van der Waals surface area contributed by atoms with Crippen molar-refractivity contribution in [3.05, 3.63) is 0 Å². The molecule has 1 unspecified atom stereocenters. The Hall–Kier alpha value is -0.110. The third-order valence-corrected chi connectivity index (χ3v) is 2.49. The van der Waals surface area contributed by atoms with E-state index in [1.165, 1.54) is 45.4 Å². The molecule has 0 rings (SSSR count). The van der Waals surface area contributed by atoms with Gasteiger partial charge in [-0.25, -0.2) is 4.39 Å². The van der Waals surface area contributed by atoms with Gasteiger partial charge in [-0.3, -0.25) is 0 Å². The van der Waals surface area contributed by atoms with Gasteiger partial charge in [0.25, 0.3) is 0 Å². The minimum Gasteiger partial charge on any atom is -0.362 e. The zero-order valence-electron chi connectivity index (χ0n) is 9.69. The monoisotopic (exact) mass is 204 g/mol. The van der Waals surface area contributed by atoms with Crippen LogP contribution in [0.25, 0.3) is 0 Å². The minimum atomic E-state index is -1.96. The van der Waals surface area contributed by atoms with Gasteiger partial charge < -0.3 is 5.11 Å². The summed E-state index contributed by atoms with van der Waals surface area (Å²) in [6, 6.07) is 0. The van der Waals surface area contributed by atoms with E-state index in [1.807, 2.05) is 0 Å². The van der Waals surface area contributed by atoms with Gasteiger partial charge in [0.15, 0.2) is 0 Å². The van der Waals surface area contributed by atoms with Gasteiger partial charge in [0, 0.05) is 6.42 Å². The van der Waals surface area contributed by atoms with Crippen LogP contribution in [0.2, 0.25) is 0 Å². The maximum Gasteiger partial charge on any atom is 0.203 e. The molecule has 2 heteroatoms. The van der Waals surface area contributed by atoms with E-state index in [4.69, 9.17) is 5.11 Å². The van der Waals surface area contributed by atoms with E-state index in [9.17, 15) is 4.39 Å². The molecule has 0 aromatic carbocycles. The van der Waals surface area contributed by atoms with Gasteiger partial charge in [0.1, 0.15) is 0 Å². The van der Waals surface area contributed by atoms with Crippen LogP contribution >= 0.6 is 0 Å². The summed E-state index contributed by atoms with van der Waals surface area (Å²) in [5.41, 5.74) is 0. The summed E-state index contributed by atoms with van der Waals surface area (Å²) in [5, 5.41) is 8.82. The lowest BCUT2D eigenvalue weighted by molar-refractivity contribution is -0.0780. The zero-order valence-corrected chi connectivity index (χ0v) is 9.69. The summed E-state index contributed by atoms with van der Waals surface area (Å²) in [6.45, 7) is 3.44. The molecule has 1 atom stereocenters. The molecule has 0 aromatic rings. The standard InChI is InChI=1S/C12H25FO/c1-3-4-5-6-7-8-9-10-11-12(2,13)14/h14H,3-11H2,1-2H3. The molecule has 0 bridgehead atoms. The highest BCUT2D eigenvalue weighted by Crippen LogP contribution is 2.16. The van der Waals surface area contributed by atoms with Crippen LogP contribution in [0, 0.1) is 0 Å². The fourth-order valence-electron chi connectivity index (χ4n) is 1.58. The second-order valence-electron chi connectivity index (χ2n) is 4.37. The summed E-state index contributed by atoms with van der Waals surface area (Å²) in [4.78, 5) is 0. The molecule has 0 aliphatic heterocycles. The fraction of sp³-hybridized carbons (Fsp3) is 1.00. The predicted octanol–water partition coefficient (Wildman–Crippen LogP) is 4.20. The molecule has 14 heavy (non-hydrogen) atoms. The maximum atomic E-state index is 12.6. The zero-order chi connectivity index (χ0) is 10.9. The summed E-state index contributed by atoms with van der Waals surface area (Å²) in [6.07, 6.45) is 9.82. The van der Waals surface area contributed by atoms with Gasteiger partial charge in [-0.1, -0.05) is 51.9 Å². The SMILES string of the molecule is CCCCCCCCCCC(C)(O)F. The summed E-state index contributed by atoms with van der Waals surface area (Å²) in [7, 11) is 0. The summed E-state index contributed by atoms with van der Waals surface area (Å²) < 4.78 is 12.6. The van der Waals surface area contributed by atoms with Crippen molar-refractivity contribution in [2.24, 2.45) is 0 Å². The molecule has 0 radical (unpaired) electrons. The number of aliphatic hydroxyl groups is 1. The van der Waals surface area contributed by atoms with Crippen molar-refractivity contribution in [1.82, 2.24) is 0 Å². The lowest BCUT2D eigenvalue weighted by Gasteiger charge is -2.11. The number of hydrogen-bond acceptors (Lipinski definition) is 1. The van der Waals surface area contributed by atoms with Crippen LogP contribution in [0.4, 0.5) is 4.39 Å². The minimum absolute atomic E-state index is 0.280. The summed E-state index contributed by atoms with van der Waals surface area (Å²) in [5.74, 6) is -1.96. The first kappa shape index (κ1) is 13.9. The van der Waals surface area contributed by atoms with Crippen LogP contribution in [0.5, 0.6) is 0 Å². The van der Waals surface area contributed by atoms with Gasteiger partial charge in [-0.05, 0) is 13.3 Å². The molecule has 0 saturated heterocycles. The van der Waals surface area contributed by atoms with Crippen molar-refractivity contribution in [2.75, 3.05) is 0 Å². The van der Waals surface area contributed by atoms with Gasteiger partial charge in [-0.2, -0.15) is 0 Å². The number of hydrogen-bond donors (Lipinski definition) is 1. The topological polar surface area (TPSA) is 20.2 Å². The van der Waals surface area contributed by atoms with Crippen LogP contribution in [0.1, 0.15) is 71.6 Å². The van der Waals surface area contributed by atoms with E-state index >= 15 is 0 Å². The largest absolute Gasteiger partial charge is 0.362 e. The molecule has 0 aliphatic carbocycles. The third kappa shape index (κ3) is 11.9. The summed E-state index contributed by atoms with van der Waals surface area (Å²) >= 11 is 0. The van der Waals surface area contributed by atoms with E-state index in [2.05, 4.69) is 6.92 Å². The molecule has 0 fully saturated rings. The Morgan fingerprint density at radius 3 is 1.79 bits per heavy atom. The van der Waals surface area contributed by atoms with Crippen LogP contribution in [0.3, 0.4) is 0 Å². The molecule has 0 heterocycles. The first-order valence-corrected chi connectivity index (χ1v) is 5.97. The van der Waals surface area contributed by atoms with Crippen molar-refractivity contribution >= 4 is 0 Å². The van der Waals surface area contributed by atoms with E-state index in [1.54, 1.807) is 0 Å². The third-order valence-electron chi connectivity index (χ3n) is 2.49. The van der Waals surface area contributed by atoms with Crippen molar-refractivity contribution in [3.63, 3.8) is 0 Å². The van der Waals surface area contributed by atoms with E-state index in [0.717, 1.165) is 12.8 Å². The number of alkyl halides is 1. The lowest BCUT2D eigenvalue weighted by atomic mass is 10.1. The van der Waals surface area contributed by atoms with E-state index in [0.29, 0.717) is 0 Å². The quantitative estimate of drug-likeness (QED) is 0.558. The number of unbranched alkanes of at least 4 members (excludes halogenated alkanes) is 7. The second kappa shape index (κ2) is 8.22. The molecule has 1 nitrogen and oxygen atoms in total. The Morgan fingerprint density at radius 1 is 0.929 bits per heavy atom. The number of rotatable bonds is 9. The van der Waals surface area contributed by atoms with Crippen LogP contribution in [-0.4, -0.2) is 11.0 Å². The van der Waals surface area contributed by atoms with Crippen LogP contribution in [-0.2, 0) is 0 Å². The molecular weight excluding hydrogens is 179 g/mol. The Bertz CT molecular complexity index is 118. The average Bonchev–Trinajstić information content (AvgIpc) is 2.08. The molecule has 0 saturated carbocycles. The van der Waals surface area contributed by atoms with Gasteiger partial charge in [0.05, 0.1) is 0 Å².